The van der Waals surface area contributed by atoms with E-state index >= 15 is 0 Å². The van der Waals surface area contributed by atoms with Gasteiger partial charge in [0.2, 0.25) is 0 Å². The third-order valence-corrected chi connectivity index (χ3v) is 5.36. The van der Waals surface area contributed by atoms with Crippen molar-refractivity contribution in [3.8, 4) is 0 Å². The summed E-state index contributed by atoms with van der Waals surface area (Å²) >= 11 is 0. The molecule has 2 heterocycles. The molecule has 122 valence electrons. The van der Waals surface area contributed by atoms with Crippen molar-refractivity contribution in [3.05, 3.63) is 23.7 Å². The number of hydrogen-bond acceptors (Lipinski definition) is 3. The predicted molar refractivity (Wildman–Crippen MR) is 89.4 cm³/mol. The first kappa shape index (κ1) is 14.7. The number of nitrogens with zero attached hydrogens (tertiary/aromatic N) is 2. The summed E-state index contributed by atoms with van der Waals surface area (Å²) in [5, 5.41) is 3.18. The molecule has 1 amide bonds. The van der Waals surface area contributed by atoms with Gasteiger partial charge in [-0.3, -0.25) is 4.79 Å². The zero-order chi connectivity index (χ0) is 15.8. The van der Waals surface area contributed by atoms with Gasteiger partial charge in [-0.15, -0.1) is 0 Å². The van der Waals surface area contributed by atoms with E-state index in [1.807, 2.05) is 6.20 Å². The molecule has 4 rings (SSSR count). The normalized spacial score (nSPS) is 20.6. The molecule has 2 aromatic heterocycles. The third kappa shape index (κ3) is 2.96. The molecule has 5 heteroatoms. The van der Waals surface area contributed by atoms with Crippen molar-refractivity contribution in [3.63, 3.8) is 0 Å². The van der Waals surface area contributed by atoms with Gasteiger partial charge in [0, 0.05) is 18.2 Å². The minimum Gasteiger partial charge on any atom is -0.349 e. The van der Waals surface area contributed by atoms with E-state index in [1.54, 1.807) is 6.20 Å². The molecule has 1 atom stereocenters. The smallest absolute Gasteiger partial charge is 0.255 e. The van der Waals surface area contributed by atoms with Crippen molar-refractivity contribution in [2.75, 3.05) is 0 Å². The number of rotatable bonds is 4. The Hall–Kier alpha value is -1.91. The Morgan fingerprint density at radius 2 is 2.04 bits per heavy atom. The van der Waals surface area contributed by atoms with Gasteiger partial charge < -0.3 is 10.3 Å². The van der Waals surface area contributed by atoms with E-state index in [9.17, 15) is 4.79 Å². The van der Waals surface area contributed by atoms with Crippen LogP contribution < -0.4 is 5.32 Å². The van der Waals surface area contributed by atoms with Crippen molar-refractivity contribution in [2.24, 2.45) is 5.92 Å². The molecule has 0 bridgehead atoms. The topological polar surface area (TPSA) is 70.7 Å². The second kappa shape index (κ2) is 5.95. The van der Waals surface area contributed by atoms with Crippen molar-refractivity contribution < 1.29 is 4.79 Å². The maximum atomic E-state index is 12.7. The van der Waals surface area contributed by atoms with Gasteiger partial charge in [0.1, 0.15) is 5.52 Å². The maximum Gasteiger partial charge on any atom is 0.255 e. The molecular weight excluding hydrogens is 288 g/mol. The maximum absolute atomic E-state index is 12.7. The molecule has 0 saturated heterocycles. The largest absolute Gasteiger partial charge is 0.349 e. The lowest BCUT2D eigenvalue weighted by Gasteiger charge is -2.28. The average molecular weight is 312 g/mol. The molecule has 0 spiro atoms. The van der Waals surface area contributed by atoms with Crippen LogP contribution in [0.25, 0.3) is 11.2 Å². The van der Waals surface area contributed by atoms with Crippen LogP contribution in [-0.2, 0) is 0 Å². The highest BCUT2D eigenvalue weighted by Crippen LogP contribution is 2.39. The Labute approximate surface area is 136 Å². The Morgan fingerprint density at radius 3 is 2.78 bits per heavy atom. The summed E-state index contributed by atoms with van der Waals surface area (Å²) in [5.74, 6) is 1.11. The molecule has 5 nitrogen and oxygen atoms in total. The van der Waals surface area contributed by atoms with Crippen LogP contribution in [-0.4, -0.2) is 26.9 Å². The first-order valence-electron chi connectivity index (χ1n) is 8.87. The van der Waals surface area contributed by atoms with Crippen molar-refractivity contribution in [1.82, 2.24) is 20.3 Å². The Morgan fingerprint density at radius 1 is 1.26 bits per heavy atom. The third-order valence-electron chi connectivity index (χ3n) is 5.36. The van der Waals surface area contributed by atoms with E-state index in [4.69, 9.17) is 0 Å². The van der Waals surface area contributed by atoms with E-state index in [0.717, 1.165) is 5.69 Å². The predicted octanol–water partition coefficient (Wildman–Crippen LogP) is 3.53. The second-order valence-corrected chi connectivity index (χ2v) is 7.13. The Bertz CT molecular complexity index is 713. The van der Waals surface area contributed by atoms with Crippen molar-refractivity contribution in [2.45, 2.75) is 63.8 Å². The van der Waals surface area contributed by atoms with Crippen LogP contribution in [0.15, 0.2) is 12.4 Å². The fourth-order valence-corrected chi connectivity index (χ4v) is 3.69. The van der Waals surface area contributed by atoms with E-state index < -0.39 is 0 Å². The van der Waals surface area contributed by atoms with E-state index in [-0.39, 0.29) is 11.9 Å². The summed E-state index contributed by atoms with van der Waals surface area (Å²) in [5.41, 5.74) is 3.05. The molecule has 2 aliphatic carbocycles. The molecular formula is C18H24N4O. The number of H-pyrrole nitrogens is 1. The van der Waals surface area contributed by atoms with Crippen LogP contribution in [0.3, 0.4) is 0 Å². The SMILES string of the molecule is C[C@H](NC(=O)c1c[nH]c2ncc(C3CC3)nc12)C1CCCCC1. The van der Waals surface area contributed by atoms with Gasteiger partial charge in [-0.2, -0.15) is 0 Å². The van der Waals surface area contributed by atoms with Gasteiger partial charge in [-0.05, 0) is 38.5 Å². The molecule has 2 fully saturated rings. The fraction of sp³-hybridized carbons (Fsp3) is 0.611. The first-order valence-corrected chi connectivity index (χ1v) is 8.87. The number of carbonyl (C=O) groups excluding carboxylic acids is 1. The van der Waals surface area contributed by atoms with E-state index in [1.165, 1.54) is 44.9 Å². The highest BCUT2D eigenvalue weighted by Gasteiger charge is 2.27. The molecule has 2 saturated carbocycles. The number of carbonyl (C=O) groups is 1. The molecule has 2 aliphatic rings. The number of aromatic nitrogens is 3. The van der Waals surface area contributed by atoms with Gasteiger partial charge in [-0.25, -0.2) is 9.97 Å². The lowest BCUT2D eigenvalue weighted by atomic mass is 9.84. The number of nitrogens with one attached hydrogen (secondary N) is 2. The minimum atomic E-state index is -0.0310. The highest BCUT2D eigenvalue weighted by atomic mass is 16.1. The van der Waals surface area contributed by atoms with E-state index in [2.05, 4.69) is 27.2 Å². The summed E-state index contributed by atoms with van der Waals surface area (Å²) in [6.07, 6.45) is 12.3. The summed E-state index contributed by atoms with van der Waals surface area (Å²) in [7, 11) is 0. The second-order valence-electron chi connectivity index (χ2n) is 7.13. The summed E-state index contributed by atoms with van der Waals surface area (Å²) in [6.45, 7) is 2.13. The summed E-state index contributed by atoms with van der Waals surface area (Å²) in [6, 6.07) is 0.215. The van der Waals surface area contributed by atoms with Crippen molar-refractivity contribution in [1.29, 1.82) is 0 Å². The lowest BCUT2D eigenvalue weighted by molar-refractivity contribution is 0.0921. The Balaban J connectivity index is 1.53. The number of amides is 1. The zero-order valence-corrected chi connectivity index (χ0v) is 13.6. The monoisotopic (exact) mass is 312 g/mol. The highest BCUT2D eigenvalue weighted by molar-refractivity contribution is 6.04. The lowest BCUT2D eigenvalue weighted by Crippen LogP contribution is -2.38. The van der Waals surface area contributed by atoms with Crippen LogP contribution >= 0.6 is 0 Å². The first-order chi connectivity index (χ1) is 11.2. The van der Waals surface area contributed by atoms with Crippen molar-refractivity contribution >= 4 is 17.1 Å². The molecule has 0 aliphatic heterocycles. The zero-order valence-electron chi connectivity index (χ0n) is 13.6. The number of hydrogen-bond donors (Lipinski definition) is 2. The minimum absolute atomic E-state index is 0.0310. The molecule has 2 N–H and O–H groups in total. The van der Waals surface area contributed by atoms with Crippen LogP contribution in [0.2, 0.25) is 0 Å². The summed E-state index contributed by atoms with van der Waals surface area (Å²) < 4.78 is 0. The number of fused-ring (bicyclic) bond motifs is 1. The fourth-order valence-electron chi connectivity index (χ4n) is 3.69. The molecule has 0 radical (unpaired) electrons. The molecule has 2 aromatic rings. The molecule has 23 heavy (non-hydrogen) atoms. The van der Waals surface area contributed by atoms with Crippen LogP contribution in [0, 0.1) is 5.92 Å². The molecule has 0 aromatic carbocycles. The van der Waals surface area contributed by atoms with Crippen LogP contribution in [0.5, 0.6) is 0 Å². The van der Waals surface area contributed by atoms with Gasteiger partial charge in [0.15, 0.2) is 5.65 Å². The number of aromatic amines is 1. The van der Waals surface area contributed by atoms with E-state index in [0.29, 0.717) is 28.6 Å². The summed E-state index contributed by atoms with van der Waals surface area (Å²) in [4.78, 5) is 24.8. The van der Waals surface area contributed by atoms with Gasteiger partial charge in [0.05, 0.1) is 17.5 Å². The molecule has 0 unspecified atom stereocenters. The average Bonchev–Trinajstić information content (AvgIpc) is 3.34. The van der Waals surface area contributed by atoms with Crippen LogP contribution in [0.1, 0.15) is 73.8 Å². The van der Waals surface area contributed by atoms with Crippen LogP contribution in [0.4, 0.5) is 0 Å². The van der Waals surface area contributed by atoms with Gasteiger partial charge in [-0.1, -0.05) is 19.3 Å². The quantitative estimate of drug-likeness (QED) is 0.907. The van der Waals surface area contributed by atoms with Gasteiger partial charge in [0.25, 0.3) is 5.91 Å². The standard InChI is InChI=1S/C18H24N4O/c1-11(12-5-3-2-4-6-12)21-18(23)14-9-19-17-16(14)22-15(10-20-17)13-7-8-13/h9-13H,2-8H2,1H3,(H,19,20)(H,21,23)/t11-/m0/s1. The Kier molecular flexibility index (Phi) is 3.79. The van der Waals surface area contributed by atoms with Gasteiger partial charge >= 0.3 is 0 Å².